The second-order valence-electron chi connectivity index (χ2n) is 3.84. The van der Waals surface area contributed by atoms with Crippen molar-refractivity contribution in [2.75, 3.05) is 18.4 Å². The molecule has 0 aromatic carbocycles. The van der Waals surface area contributed by atoms with E-state index in [9.17, 15) is 9.59 Å². The SMILES string of the molecule is CCCNC(=O)CNc1ccc(C(=O)O)c(C)n1. The van der Waals surface area contributed by atoms with E-state index in [-0.39, 0.29) is 18.0 Å². The van der Waals surface area contributed by atoms with Gasteiger partial charge in [-0.2, -0.15) is 0 Å². The number of amides is 1. The van der Waals surface area contributed by atoms with Gasteiger partial charge in [-0.05, 0) is 25.5 Å². The maximum Gasteiger partial charge on any atom is 0.337 e. The van der Waals surface area contributed by atoms with Gasteiger partial charge < -0.3 is 15.7 Å². The van der Waals surface area contributed by atoms with Gasteiger partial charge in [-0.15, -0.1) is 0 Å². The molecule has 0 aliphatic heterocycles. The summed E-state index contributed by atoms with van der Waals surface area (Å²) in [6, 6.07) is 3.01. The van der Waals surface area contributed by atoms with Crippen molar-refractivity contribution < 1.29 is 14.7 Å². The summed E-state index contributed by atoms with van der Waals surface area (Å²) in [6.07, 6.45) is 0.885. The molecule has 3 N–H and O–H groups in total. The summed E-state index contributed by atoms with van der Waals surface area (Å²) in [5, 5.41) is 14.4. The molecule has 0 spiro atoms. The average molecular weight is 251 g/mol. The molecule has 0 aliphatic carbocycles. The number of carbonyl (C=O) groups is 2. The topological polar surface area (TPSA) is 91.3 Å². The first kappa shape index (κ1) is 14.0. The second-order valence-corrected chi connectivity index (χ2v) is 3.84. The monoisotopic (exact) mass is 251 g/mol. The molecule has 0 atom stereocenters. The highest BCUT2D eigenvalue weighted by Crippen LogP contribution is 2.10. The first-order valence-corrected chi connectivity index (χ1v) is 5.76. The number of hydrogen-bond donors (Lipinski definition) is 3. The van der Waals surface area contributed by atoms with Crippen LogP contribution in [0.25, 0.3) is 0 Å². The van der Waals surface area contributed by atoms with Crippen molar-refractivity contribution in [2.24, 2.45) is 0 Å². The van der Waals surface area contributed by atoms with Crippen molar-refractivity contribution in [3.63, 3.8) is 0 Å². The Bertz CT molecular complexity index is 446. The number of carboxylic acids is 1. The van der Waals surface area contributed by atoms with Crippen molar-refractivity contribution >= 4 is 17.7 Å². The fraction of sp³-hybridized carbons (Fsp3) is 0.417. The van der Waals surface area contributed by atoms with E-state index in [4.69, 9.17) is 5.11 Å². The molecule has 18 heavy (non-hydrogen) atoms. The molecule has 0 fully saturated rings. The predicted octanol–water partition coefficient (Wildman–Crippen LogP) is 1.03. The highest BCUT2D eigenvalue weighted by molar-refractivity contribution is 5.89. The molecule has 1 rings (SSSR count). The van der Waals surface area contributed by atoms with E-state index in [1.165, 1.54) is 6.07 Å². The van der Waals surface area contributed by atoms with Crippen LogP contribution in [-0.4, -0.2) is 35.1 Å². The summed E-state index contributed by atoms with van der Waals surface area (Å²) in [4.78, 5) is 26.2. The highest BCUT2D eigenvalue weighted by atomic mass is 16.4. The Kier molecular flexibility index (Phi) is 5.10. The van der Waals surface area contributed by atoms with Crippen molar-refractivity contribution in [3.05, 3.63) is 23.4 Å². The highest BCUT2D eigenvalue weighted by Gasteiger charge is 2.08. The van der Waals surface area contributed by atoms with Gasteiger partial charge in [-0.1, -0.05) is 6.92 Å². The summed E-state index contributed by atoms with van der Waals surface area (Å²) >= 11 is 0. The van der Waals surface area contributed by atoms with E-state index in [0.717, 1.165) is 6.42 Å². The number of carboxylic acid groups (broad SMARTS) is 1. The third-order valence-corrected chi connectivity index (χ3v) is 2.32. The molecular formula is C12H17N3O3. The minimum absolute atomic E-state index is 0.112. The molecule has 6 nitrogen and oxygen atoms in total. The van der Waals surface area contributed by atoms with E-state index in [1.54, 1.807) is 13.0 Å². The molecule has 1 heterocycles. The lowest BCUT2D eigenvalue weighted by atomic mass is 10.2. The molecule has 1 aromatic heterocycles. The van der Waals surface area contributed by atoms with Crippen LogP contribution in [0.15, 0.2) is 12.1 Å². The Morgan fingerprint density at radius 1 is 1.39 bits per heavy atom. The van der Waals surface area contributed by atoms with Crippen LogP contribution in [0, 0.1) is 6.92 Å². The van der Waals surface area contributed by atoms with Gasteiger partial charge >= 0.3 is 5.97 Å². The van der Waals surface area contributed by atoms with Crippen LogP contribution in [0.2, 0.25) is 0 Å². The van der Waals surface area contributed by atoms with Gasteiger partial charge in [-0.25, -0.2) is 9.78 Å². The Labute approximate surface area is 105 Å². The maximum atomic E-state index is 11.3. The van der Waals surface area contributed by atoms with E-state index in [2.05, 4.69) is 15.6 Å². The van der Waals surface area contributed by atoms with E-state index < -0.39 is 5.97 Å². The summed E-state index contributed by atoms with van der Waals surface area (Å²) in [7, 11) is 0. The summed E-state index contributed by atoms with van der Waals surface area (Å²) in [5.41, 5.74) is 0.581. The zero-order valence-electron chi connectivity index (χ0n) is 10.5. The van der Waals surface area contributed by atoms with E-state index in [1.807, 2.05) is 6.92 Å². The lowest BCUT2D eigenvalue weighted by Gasteiger charge is -2.08. The smallest absolute Gasteiger partial charge is 0.337 e. The number of hydrogen-bond acceptors (Lipinski definition) is 4. The van der Waals surface area contributed by atoms with Gasteiger partial charge in [0, 0.05) is 6.54 Å². The number of anilines is 1. The van der Waals surface area contributed by atoms with Gasteiger partial charge in [0.05, 0.1) is 17.8 Å². The maximum absolute atomic E-state index is 11.3. The lowest BCUT2D eigenvalue weighted by molar-refractivity contribution is -0.119. The van der Waals surface area contributed by atoms with Crippen LogP contribution in [0.4, 0.5) is 5.82 Å². The fourth-order valence-corrected chi connectivity index (χ4v) is 1.38. The number of carbonyl (C=O) groups excluding carboxylic acids is 1. The molecule has 0 radical (unpaired) electrons. The molecule has 0 aliphatic rings. The third kappa shape index (κ3) is 4.04. The molecule has 0 saturated heterocycles. The number of rotatable bonds is 6. The van der Waals surface area contributed by atoms with Gasteiger partial charge in [0.2, 0.25) is 5.91 Å². The van der Waals surface area contributed by atoms with Crippen molar-refractivity contribution in [1.29, 1.82) is 0 Å². The number of aromatic carboxylic acids is 1. The molecule has 1 amide bonds. The van der Waals surface area contributed by atoms with Gasteiger partial charge in [0.1, 0.15) is 5.82 Å². The first-order valence-electron chi connectivity index (χ1n) is 5.76. The first-order chi connectivity index (χ1) is 8.54. The Balaban J connectivity index is 2.56. The summed E-state index contributed by atoms with van der Waals surface area (Å²) in [5.74, 6) is -0.630. The van der Waals surface area contributed by atoms with Crippen LogP contribution in [0.3, 0.4) is 0 Å². The second kappa shape index (κ2) is 6.58. The fourth-order valence-electron chi connectivity index (χ4n) is 1.38. The molecule has 6 heteroatoms. The van der Waals surface area contributed by atoms with Gasteiger partial charge in [0.15, 0.2) is 0 Å². The third-order valence-electron chi connectivity index (χ3n) is 2.32. The predicted molar refractivity (Wildman–Crippen MR) is 67.7 cm³/mol. The Morgan fingerprint density at radius 2 is 2.11 bits per heavy atom. The number of aromatic nitrogens is 1. The zero-order chi connectivity index (χ0) is 13.5. The number of nitrogens with one attached hydrogen (secondary N) is 2. The van der Waals surface area contributed by atoms with E-state index >= 15 is 0 Å². The van der Waals surface area contributed by atoms with Crippen LogP contribution in [-0.2, 0) is 4.79 Å². The molecule has 0 saturated carbocycles. The molecular weight excluding hydrogens is 234 g/mol. The molecule has 0 bridgehead atoms. The van der Waals surface area contributed by atoms with Crippen molar-refractivity contribution in [1.82, 2.24) is 10.3 Å². The minimum atomic E-state index is -1.01. The number of nitrogens with zero attached hydrogens (tertiary/aromatic N) is 1. The molecule has 98 valence electrons. The van der Waals surface area contributed by atoms with Crippen LogP contribution in [0.1, 0.15) is 29.4 Å². The Hall–Kier alpha value is -2.11. The van der Waals surface area contributed by atoms with Crippen molar-refractivity contribution in [2.45, 2.75) is 20.3 Å². The van der Waals surface area contributed by atoms with Gasteiger partial charge in [-0.3, -0.25) is 4.79 Å². The minimum Gasteiger partial charge on any atom is -0.478 e. The normalized spacial score (nSPS) is 9.89. The van der Waals surface area contributed by atoms with E-state index in [0.29, 0.717) is 18.1 Å². The summed E-state index contributed by atoms with van der Waals surface area (Å²) in [6.45, 7) is 4.36. The van der Waals surface area contributed by atoms with Gasteiger partial charge in [0.25, 0.3) is 0 Å². The Morgan fingerprint density at radius 3 is 2.67 bits per heavy atom. The molecule has 0 unspecified atom stereocenters. The largest absolute Gasteiger partial charge is 0.478 e. The standard InChI is InChI=1S/C12H17N3O3/c1-3-6-13-11(16)7-14-10-5-4-9(12(17)18)8(2)15-10/h4-5H,3,6-7H2,1-2H3,(H,13,16)(H,14,15)(H,17,18). The molecule has 1 aromatic rings. The van der Waals surface area contributed by atoms with Crippen LogP contribution in [0.5, 0.6) is 0 Å². The zero-order valence-corrected chi connectivity index (χ0v) is 10.5. The quantitative estimate of drug-likeness (QED) is 0.702. The van der Waals surface area contributed by atoms with Crippen molar-refractivity contribution in [3.8, 4) is 0 Å². The van der Waals surface area contributed by atoms with Crippen LogP contribution >= 0.6 is 0 Å². The summed E-state index contributed by atoms with van der Waals surface area (Å²) < 4.78 is 0. The number of aryl methyl sites for hydroxylation is 1. The van der Waals surface area contributed by atoms with Crippen LogP contribution < -0.4 is 10.6 Å². The number of pyridine rings is 1. The lowest BCUT2D eigenvalue weighted by Crippen LogP contribution is -2.30. The average Bonchev–Trinajstić information content (AvgIpc) is 2.33.